The maximum absolute atomic E-state index is 13.1. The number of likely N-dealkylation sites (tertiary alicyclic amines) is 1. The molecule has 1 N–H and O–H groups in total. The van der Waals surface area contributed by atoms with Gasteiger partial charge in [0.05, 0.1) is 12.5 Å². The van der Waals surface area contributed by atoms with E-state index in [9.17, 15) is 13.2 Å². The summed E-state index contributed by atoms with van der Waals surface area (Å²) in [6, 6.07) is 11.9. The summed E-state index contributed by atoms with van der Waals surface area (Å²) >= 11 is 0. The molecule has 3 atom stereocenters. The Morgan fingerprint density at radius 1 is 1.14 bits per heavy atom. The second-order valence-electron chi connectivity index (χ2n) is 7.86. The van der Waals surface area contributed by atoms with Gasteiger partial charge in [-0.15, -0.1) is 0 Å². The summed E-state index contributed by atoms with van der Waals surface area (Å²) < 4.78 is 31.2. The van der Waals surface area contributed by atoms with Crippen molar-refractivity contribution >= 4 is 15.9 Å². The van der Waals surface area contributed by atoms with Gasteiger partial charge in [0.15, 0.2) is 0 Å². The summed E-state index contributed by atoms with van der Waals surface area (Å²) in [7, 11) is -3.22. The molecule has 1 aliphatic carbocycles. The van der Waals surface area contributed by atoms with Crippen LogP contribution in [0.4, 0.5) is 0 Å². The molecule has 2 fully saturated rings. The molecular weight excluding hydrogens is 376 g/mol. The Bertz CT molecular complexity index is 939. The van der Waals surface area contributed by atoms with E-state index in [1.807, 2.05) is 35.2 Å². The van der Waals surface area contributed by atoms with Crippen LogP contribution >= 0.6 is 0 Å². The van der Waals surface area contributed by atoms with Crippen LogP contribution in [0, 0.1) is 5.92 Å². The van der Waals surface area contributed by atoms with Gasteiger partial charge in [-0.3, -0.25) is 4.79 Å². The maximum Gasteiger partial charge on any atom is 0.226 e. The topological polar surface area (TPSA) is 79.6 Å². The average molecular weight is 403 g/mol. The van der Waals surface area contributed by atoms with Gasteiger partial charge in [-0.25, -0.2) is 13.1 Å². The Morgan fingerprint density at radius 2 is 1.96 bits per heavy atom. The van der Waals surface area contributed by atoms with Crippen LogP contribution in [0.1, 0.15) is 37.2 Å². The molecule has 2 aromatic rings. The standard InChI is InChI=1S/C21H26N2O4S/c1-28(25,26)22-15-6-4-11-23(12-10-15)21(24)19-14-18(19)16-7-2-3-8-17(16)20-9-5-13-27-20/h2-3,5,7-9,13,15,18-19,22H,4,6,10-12,14H2,1H3. The lowest BCUT2D eigenvalue weighted by molar-refractivity contribution is -0.132. The predicted molar refractivity (Wildman–Crippen MR) is 107 cm³/mol. The van der Waals surface area contributed by atoms with Crippen LogP contribution in [0.25, 0.3) is 11.3 Å². The highest BCUT2D eigenvalue weighted by molar-refractivity contribution is 7.88. The van der Waals surface area contributed by atoms with Crippen LogP contribution in [0.15, 0.2) is 47.1 Å². The highest BCUT2D eigenvalue weighted by Gasteiger charge is 2.46. The maximum atomic E-state index is 13.1. The van der Waals surface area contributed by atoms with Gasteiger partial charge in [0, 0.05) is 30.6 Å². The van der Waals surface area contributed by atoms with Crippen molar-refractivity contribution in [2.45, 2.75) is 37.6 Å². The van der Waals surface area contributed by atoms with E-state index in [0.29, 0.717) is 19.5 Å². The molecule has 7 heteroatoms. The van der Waals surface area contributed by atoms with Crippen molar-refractivity contribution in [2.75, 3.05) is 19.3 Å². The van der Waals surface area contributed by atoms with Crippen molar-refractivity contribution in [1.29, 1.82) is 0 Å². The Kier molecular flexibility index (Phi) is 5.29. The Hall–Kier alpha value is -2.12. The van der Waals surface area contributed by atoms with Gasteiger partial charge in [-0.1, -0.05) is 24.3 Å². The number of carbonyl (C=O) groups is 1. The molecule has 0 spiro atoms. The highest BCUT2D eigenvalue weighted by Crippen LogP contribution is 2.51. The number of hydrogen-bond donors (Lipinski definition) is 1. The zero-order valence-corrected chi connectivity index (χ0v) is 16.8. The minimum atomic E-state index is -3.22. The number of hydrogen-bond acceptors (Lipinski definition) is 4. The van der Waals surface area contributed by atoms with E-state index in [2.05, 4.69) is 10.8 Å². The van der Waals surface area contributed by atoms with E-state index < -0.39 is 10.0 Å². The summed E-state index contributed by atoms with van der Waals surface area (Å²) in [6.45, 7) is 1.30. The molecule has 1 aromatic heterocycles. The molecule has 1 aromatic carbocycles. The number of carbonyl (C=O) groups excluding carboxylic acids is 1. The molecule has 1 saturated carbocycles. The highest BCUT2D eigenvalue weighted by atomic mass is 32.2. The second kappa shape index (κ2) is 7.72. The zero-order valence-electron chi connectivity index (χ0n) is 16.0. The molecule has 150 valence electrons. The Balaban J connectivity index is 1.42. The van der Waals surface area contributed by atoms with Gasteiger partial charge in [-0.2, -0.15) is 0 Å². The first-order valence-electron chi connectivity index (χ1n) is 9.81. The van der Waals surface area contributed by atoms with Crippen molar-refractivity contribution in [1.82, 2.24) is 9.62 Å². The molecule has 1 aliphatic heterocycles. The summed E-state index contributed by atoms with van der Waals surface area (Å²) in [6.07, 6.45) is 5.97. The van der Waals surface area contributed by atoms with Crippen LogP contribution in [0.3, 0.4) is 0 Å². The van der Waals surface area contributed by atoms with Gasteiger partial charge < -0.3 is 9.32 Å². The van der Waals surface area contributed by atoms with Crippen molar-refractivity contribution in [3.63, 3.8) is 0 Å². The average Bonchev–Trinajstić information content (AvgIpc) is 3.33. The smallest absolute Gasteiger partial charge is 0.226 e. The number of nitrogens with one attached hydrogen (secondary N) is 1. The van der Waals surface area contributed by atoms with Gasteiger partial charge in [0.1, 0.15) is 5.76 Å². The quantitative estimate of drug-likeness (QED) is 0.834. The first kappa shape index (κ1) is 19.2. The lowest BCUT2D eigenvalue weighted by Crippen LogP contribution is -2.36. The minimum absolute atomic E-state index is 0.00975. The zero-order chi connectivity index (χ0) is 19.7. The third-order valence-electron chi connectivity index (χ3n) is 5.68. The molecule has 0 bridgehead atoms. The van der Waals surface area contributed by atoms with Crippen LogP contribution in [-0.2, 0) is 14.8 Å². The molecule has 2 aliphatic rings. The lowest BCUT2D eigenvalue weighted by atomic mass is 10.00. The fourth-order valence-corrected chi connectivity index (χ4v) is 5.10. The van der Waals surface area contributed by atoms with Crippen molar-refractivity contribution in [3.05, 3.63) is 48.2 Å². The van der Waals surface area contributed by atoms with E-state index >= 15 is 0 Å². The van der Waals surface area contributed by atoms with Gasteiger partial charge in [0.2, 0.25) is 15.9 Å². The van der Waals surface area contributed by atoms with Gasteiger partial charge in [0.25, 0.3) is 0 Å². The second-order valence-corrected chi connectivity index (χ2v) is 9.64. The summed E-state index contributed by atoms with van der Waals surface area (Å²) in [5, 5.41) is 0. The van der Waals surface area contributed by atoms with Gasteiger partial charge in [-0.05, 0) is 49.3 Å². The van der Waals surface area contributed by atoms with E-state index in [1.165, 1.54) is 11.8 Å². The Morgan fingerprint density at radius 3 is 2.71 bits per heavy atom. The van der Waals surface area contributed by atoms with E-state index in [1.54, 1.807) is 6.26 Å². The third kappa shape index (κ3) is 4.31. The number of nitrogens with zero attached hydrogens (tertiary/aromatic N) is 1. The van der Waals surface area contributed by atoms with Crippen LogP contribution < -0.4 is 4.72 Å². The monoisotopic (exact) mass is 402 g/mol. The van der Waals surface area contributed by atoms with Crippen molar-refractivity contribution < 1.29 is 17.6 Å². The molecule has 1 amide bonds. The molecule has 1 saturated heterocycles. The van der Waals surface area contributed by atoms with Crippen LogP contribution in [0.5, 0.6) is 0 Å². The van der Waals surface area contributed by atoms with Crippen molar-refractivity contribution in [2.24, 2.45) is 5.92 Å². The predicted octanol–water partition coefficient (Wildman–Crippen LogP) is 2.98. The fourth-order valence-electron chi connectivity index (χ4n) is 4.26. The fraction of sp³-hybridized carbons (Fsp3) is 0.476. The van der Waals surface area contributed by atoms with Crippen molar-refractivity contribution in [3.8, 4) is 11.3 Å². The summed E-state index contributed by atoms with van der Waals surface area (Å²) in [5.74, 6) is 1.26. The third-order valence-corrected chi connectivity index (χ3v) is 6.44. The Labute approximate surface area is 166 Å². The molecule has 3 unspecified atom stereocenters. The molecule has 4 rings (SSSR count). The van der Waals surface area contributed by atoms with E-state index in [-0.39, 0.29) is 23.8 Å². The van der Waals surface area contributed by atoms with E-state index in [0.717, 1.165) is 30.6 Å². The molecule has 6 nitrogen and oxygen atoms in total. The molecule has 2 heterocycles. The van der Waals surface area contributed by atoms with Crippen LogP contribution in [0.2, 0.25) is 0 Å². The molecular formula is C21H26N2O4S. The van der Waals surface area contributed by atoms with Crippen LogP contribution in [-0.4, -0.2) is 44.6 Å². The lowest BCUT2D eigenvalue weighted by Gasteiger charge is -2.21. The molecule has 0 radical (unpaired) electrons. The largest absolute Gasteiger partial charge is 0.464 e. The number of furan rings is 1. The summed E-state index contributed by atoms with van der Waals surface area (Å²) in [5.41, 5.74) is 2.23. The van der Waals surface area contributed by atoms with E-state index in [4.69, 9.17) is 4.42 Å². The normalized spacial score (nSPS) is 25.3. The number of amides is 1. The number of sulfonamides is 1. The first-order chi connectivity index (χ1) is 13.4. The first-order valence-corrected chi connectivity index (χ1v) is 11.7. The number of benzene rings is 1. The number of rotatable bonds is 5. The minimum Gasteiger partial charge on any atom is -0.464 e. The SMILES string of the molecule is CS(=O)(=O)NC1CCCN(C(=O)C2CC2c2ccccc2-c2ccco2)CC1. The molecule has 28 heavy (non-hydrogen) atoms. The van der Waals surface area contributed by atoms with Gasteiger partial charge >= 0.3 is 0 Å². The summed E-state index contributed by atoms with van der Waals surface area (Å²) in [4.78, 5) is 15.0.